The minimum atomic E-state index is 0.0365. The average molecular weight is 267 g/mol. The second-order valence-corrected chi connectivity index (χ2v) is 5.23. The van der Waals surface area contributed by atoms with Gasteiger partial charge in [-0.3, -0.25) is 4.79 Å². The van der Waals surface area contributed by atoms with Gasteiger partial charge in [0.05, 0.1) is 0 Å². The molecule has 0 heterocycles. The summed E-state index contributed by atoms with van der Waals surface area (Å²) in [5.74, 6) is 0.0365. The summed E-state index contributed by atoms with van der Waals surface area (Å²) in [4.78, 5) is 13.6. The molecule has 0 saturated heterocycles. The molecule has 2 nitrogen and oxygen atoms in total. The predicted molar refractivity (Wildman–Crippen MR) is 83.9 cm³/mol. The van der Waals surface area contributed by atoms with E-state index in [0.29, 0.717) is 0 Å². The maximum atomic E-state index is 12.0. The summed E-state index contributed by atoms with van der Waals surface area (Å²) in [6.45, 7) is 2.18. The fourth-order valence-electron chi connectivity index (χ4n) is 2.24. The van der Waals surface area contributed by atoms with E-state index in [4.69, 9.17) is 0 Å². The first-order valence-electron chi connectivity index (χ1n) is 7.03. The Kier molecular flexibility index (Phi) is 4.57. The highest BCUT2D eigenvalue weighted by atomic mass is 16.2. The van der Waals surface area contributed by atoms with Gasteiger partial charge in [0.25, 0.3) is 5.91 Å². The number of nitrogens with zero attached hydrogens (tertiary/aromatic N) is 1. The van der Waals surface area contributed by atoms with Crippen molar-refractivity contribution < 1.29 is 4.79 Å². The molecule has 104 valence electrons. The van der Waals surface area contributed by atoms with E-state index in [1.165, 1.54) is 5.56 Å². The molecule has 20 heavy (non-hydrogen) atoms. The first-order valence-corrected chi connectivity index (χ1v) is 7.03. The van der Waals surface area contributed by atoms with Crippen molar-refractivity contribution in [3.8, 4) is 11.1 Å². The summed E-state index contributed by atoms with van der Waals surface area (Å²) in [5, 5.41) is 0. The van der Waals surface area contributed by atoms with Gasteiger partial charge >= 0.3 is 0 Å². The van der Waals surface area contributed by atoms with Crippen LogP contribution < -0.4 is 0 Å². The third kappa shape index (κ3) is 3.27. The van der Waals surface area contributed by atoms with E-state index in [2.05, 4.69) is 31.2 Å². The standard InChI is InChI=1S/C18H21NO/c1-4-6-14-9-11-15(12-10-14)16-7-5-8-17(13-16)18(20)19(2)3/h5,7-13H,4,6H2,1-3H3. The first-order chi connectivity index (χ1) is 9.61. The van der Waals surface area contributed by atoms with Crippen LogP contribution in [0.1, 0.15) is 29.3 Å². The van der Waals surface area contributed by atoms with Gasteiger partial charge in [-0.2, -0.15) is 0 Å². The Morgan fingerprint density at radius 1 is 1.00 bits per heavy atom. The normalized spacial score (nSPS) is 10.3. The van der Waals surface area contributed by atoms with Crippen LogP contribution in [-0.2, 0) is 6.42 Å². The molecule has 0 saturated carbocycles. The van der Waals surface area contributed by atoms with Crippen LogP contribution in [0, 0.1) is 0 Å². The zero-order valence-corrected chi connectivity index (χ0v) is 12.4. The second-order valence-electron chi connectivity index (χ2n) is 5.23. The summed E-state index contributed by atoms with van der Waals surface area (Å²) in [7, 11) is 3.54. The van der Waals surface area contributed by atoms with Crippen LogP contribution in [-0.4, -0.2) is 24.9 Å². The molecule has 0 atom stereocenters. The minimum Gasteiger partial charge on any atom is -0.345 e. The smallest absolute Gasteiger partial charge is 0.253 e. The van der Waals surface area contributed by atoms with Gasteiger partial charge in [0.1, 0.15) is 0 Å². The van der Waals surface area contributed by atoms with Gasteiger partial charge in [0.2, 0.25) is 0 Å². The monoisotopic (exact) mass is 267 g/mol. The maximum absolute atomic E-state index is 12.0. The lowest BCUT2D eigenvalue weighted by Gasteiger charge is -2.11. The largest absolute Gasteiger partial charge is 0.345 e. The zero-order valence-electron chi connectivity index (χ0n) is 12.4. The highest BCUT2D eigenvalue weighted by Crippen LogP contribution is 2.21. The first kappa shape index (κ1) is 14.3. The summed E-state index contributed by atoms with van der Waals surface area (Å²) >= 11 is 0. The van der Waals surface area contributed by atoms with Crippen LogP contribution in [0.2, 0.25) is 0 Å². The Hall–Kier alpha value is -2.09. The molecule has 0 bridgehead atoms. The molecule has 2 heteroatoms. The Bertz CT molecular complexity index is 585. The minimum absolute atomic E-state index is 0.0365. The summed E-state index contributed by atoms with van der Waals surface area (Å²) in [6, 6.07) is 16.4. The molecule has 0 aliphatic heterocycles. The molecule has 0 fully saturated rings. The Labute approximate surface area is 121 Å². The molecular formula is C18H21NO. The second kappa shape index (κ2) is 6.38. The molecule has 0 unspecified atom stereocenters. The van der Waals surface area contributed by atoms with E-state index in [9.17, 15) is 4.79 Å². The molecule has 2 aromatic rings. The lowest BCUT2D eigenvalue weighted by molar-refractivity contribution is 0.0827. The number of hydrogen-bond donors (Lipinski definition) is 0. The van der Waals surface area contributed by atoms with Crippen molar-refractivity contribution in [2.24, 2.45) is 0 Å². The molecule has 2 rings (SSSR count). The highest BCUT2D eigenvalue weighted by molar-refractivity contribution is 5.95. The molecule has 0 aromatic heterocycles. The van der Waals surface area contributed by atoms with Gasteiger partial charge in [-0.25, -0.2) is 0 Å². The molecule has 0 radical (unpaired) electrons. The lowest BCUT2D eigenvalue weighted by Crippen LogP contribution is -2.21. The van der Waals surface area contributed by atoms with Gasteiger partial charge in [-0.15, -0.1) is 0 Å². The number of carbonyl (C=O) groups is 1. The quantitative estimate of drug-likeness (QED) is 0.819. The third-order valence-corrected chi connectivity index (χ3v) is 3.34. The van der Waals surface area contributed by atoms with E-state index in [-0.39, 0.29) is 5.91 Å². The average Bonchev–Trinajstić information content (AvgIpc) is 2.47. The summed E-state index contributed by atoms with van der Waals surface area (Å²) < 4.78 is 0. The Morgan fingerprint density at radius 3 is 2.30 bits per heavy atom. The van der Waals surface area contributed by atoms with E-state index >= 15 is 0 Å². The van der Waals surface area contributed by atoms with Gasteiger partial charge < -0.3 is 4.90 Å². The summed E-state index contributed by atoms with van der Waals surface area (Å²) in [5.41, 5.74) is 4.32. The fourth-order valence-corrected chi connectivity index (χ4v) is 2.24. The topological polar surface area (TPSA) is 20.3 Å². The van der Waals surface area contributed by atoms with E-state index in [1.807, 2.05) is 24.3 Å². The lowest BCUT2D eigenvalue weighted by atomic mass is 10.0. The molecular weight excluding hydrogens is 246 g/mol. The van der Waals surface area contributed by atoms with Crippen LogP contribution in [0.4, 0.5) is 0 Å². The number of hydrogen-bond acceptors (Lipinski definition) is 1. The Balaban J connectivity index is 2.28. The molecule has 2 aromatic carbocycles. The number of carbonyl (C=O) groups excluding carboxylic acids is 1. The predicted octanol–water partition coefficient (Wildman–Crippen LogP) is 4.01. The van der Waals surface area contributed by atoms with Crippen LogP contribution in [0.25, 0.3) is 11.1 Å². The van der Waals surface area contributed by atoms with Crippen molar-refractivity contribution >= 4 is 5.91 Å². The van der Waals surface area contributed by atoms with Crippen molar-refractivity contribution in [2.45, 2.75) is 19.8 Å². The van der Waals surface area contributed by atoms with Gasteiger partial charge in [-0.1, -0.05) is 49.7 Å². The van der Waals surface area contributed by atoms with Crippen LogP contribution >= 0.6 is 0 Å². The van der Waals surface area contributed by atoms with Crippen LogP contribution in [0.3, 0.4) is 0 Å². The van der Waals surface area contributed by atoms with Gasteiger partial charge in [0.15, 0.2) is 0 Å². The van der Waals surface area contributed by atoms with Crippen molar-refractivity contribution in [1.82, 2.24) is 4.90 Å². The van der Waals surface area contributed by atoms with Crippen molar-refractivity contribution in [2.75, 3.05) is 14.1 Å². The highest BCUT2D eigenvalue weighted by Gasteiger charge is 2.08. The number of rotatable bonds is 4. The number of amides is 1. The van der Waals surface area contributed by atoms with Gasteiger partial charge in [-0.05, 0) is 35.2 Å². The van der Waals surface area contributed by atoms with Crippen molar-refractivity contribution in [3.05, 3.63) is 59.7 Å². The van der Waals surface area contributed by atoms with Gasteiger partial charge in [0, 0.05) is 19.7 Å². The van der Waals surface area contributed by atoms with Crippen LogP contribution in [0.15, 0.2) is 48.5 Å². The number of aryl methyl sites for hydroxylation is 1. The zero-order chi connectivity index (χ0) is 14.5. The molecule has 0 spiro atoms. The molecule has 0 aliphatic carbocycles. The van der Waals surface area contributed by atoms with Crippen LogP contribution in [0.5, 0.6) is 0 Å². The molecule has 0 N–H and O–H groups in total. The van der Waals surface area contributed by atoms with E-state index in [0.717, 1.165) is 29.5 Å². The Morgan fingerprint density at radius 2 is 1.70 bits per heavy atom. The van der Waals surface area contributed by atoms with E-state index < -0.39 is 0 Å². The van der Waals surface area contributed by atoms with Crippen molar-refractivity contribution in [3.63, 3.8) is 0 Å². The SMILES string of the molecule is CCCc1ccc(-c2cccc(C(=O)N(C)C)c2)cc1. The van der Waals surface area contributed by atoms with E-state index in [1.54, 1.807) is 19.0 Å². The summed E-state index contributed by atoms with van der Waals surface area (Å²) in [6.07, 6.45) is 2.27. The van der Waals surface area contributed by atoms with Crippen molar-refractivity contribution in [1.29, 1.82) is 0 Å². The maximum Gasteiger partial charge on any atom is 0.253 e. The number of benzene rings is 2. The third-order valence-electron chi connectivity index (χ3n) is 3.34. The fraction of sp³-hybridized carbons (Fsp3) is 0.278. The molecule has 0 aliphatic rings. The molecule has 1 amide bonds.